The SMILES string of the molecule is C[C@H]1CCN1c1nc(-c2ccc(CC(=O)O)c(F)c2)c2ccsc2n1. The fourth-order valence-corrected chi connectivity index (χ4v) is 3.77. The molecule has 0 aliphatic carbocycles. The summed E-state index contributed by atoms with van der Waals surface area (Å²) in [6, 6.07) is 6.94. The lowest BCUT2D eigenvalue weighted by Crippen LogP contribution is -2.46. The number of halogens is 1. The molecule has 3 aromatic rings. The second-order valence-electron chi connectivity index (χ2n) is 6.22. The molecular weight excluding hydrogens is 341 g/mol. The summed E-state index contributed by atoms with van der Waals surface area (Å²) in [6.07, 6.45) is 0.778. The minimum absolute atomic E-state index is 0.170. The van der Waals surface area contributed by atoms with E-state index >= 15 is 0 Å². The molecule has 1 saturated heterocycles. The number of benzene rings is 1. The van der Waals surface area contributed by atoms with Crippen LogP contribution in [0.5, 0.6) is 0 Å². The monoisotopic (exact) mass is 357 g/mol. The highest BCUT2D eigenvalue weighted by molar-refractivity contribution is 7.16. The number of rotatable bonds is 4. The van der Waals surface area contributed by atoms with Crippen LogP contribution in [0.3, 0.4) is 0 Å². The Morgan fingerprint density at radius 3 is 2.88 bits per heavy atom. The van der Waals surface area contributed by atoms with Crippen LogP contribution in [0.15, 0.2) is 29.6 Å². The van der Waals surface area contributed by atoms with E-state index in [0.29, 0.717) is 23.2 Å². The largest absolute Gasteiger partial charge is 0.481 e. The molecule has 3 heterocycles. The normalized spacial score (nSPS) is 16.9. The highest BCUT2D eigenvalue weighted by atomic mass is 32.1. The number of fused-ring (bicyclic) bond motifs is 1. The maximum absolute atomic E-state index is 14.3. The summed E-state index contributed by atoms with van der Waals surface area (Å²) in [5.74, 6) is -0.914. The lowest BCUT2D eigenvalue weighted by atomic mass is 10.0. The summed E-state index contributed by atoms with van der Waals surface area (Å²) in [7, 11) is 0. The van der Waals surface area contributed by atoms with Crippen molar-refractivity contribution in [1.29, 1.82) is 0 Å². The summed E-state index contributed by atoms with van der Waals surface area (Å²) in [5, 5.41) is 11.7. The van der Waals surface area contributed by atoms with Crippen molar-refractivity contribution >= 4 is 33.5 Å². The van der Waals surface area contributed by atoms with Crippen LogP contribution in [0.4, 0.5) is 10.3 Å². The van der Waals surface area contributed by atoms with E-state index in [2.05, 4.69) is 21.8 Å². The number of anilines is 1. The van der Waals surface area contributed by atoms with Gasteiger partial charge in [0.25, 0.3) is 0 Å². The smallest absolute Gasteiger partial charge is 0.307 e. The van der Waals surface area contributed by atoms with E-state index in [9.17, 15) is 9.18 Å². The van der Waals surface area contributed by atoms with Gasteiger partial charge in [-0.1, -0.05) is 12.1 Å². The van der Waals surface area contributed by atoms with Crippen LogP contribution in [-0.4, -0.2) is 33.6 Å². The molecule has 7 heteroatoms. The quantitative estimate of drug-likeness (QED) is 0.771. The third-order valence-electron chi connectivity index (χ3n) is 4.56. The Labute approximate surface area is 147 Å². The molecule has 0 spiro atoms. The van der Waals surface area contributed by atoms with Crippen molar-refractivity contribution in [2.24, 2.45) is 0 Å². The van der Waals surface area contributed by atoms with Crippen molar-refractivity contribution in [2.45, 2.75) is 25.8 Å². The highest BCUT2D eigenvalue weighted by Gasteiger charge is 2.27. The van der Waals surface area contributed by atoms with Crippen LogP contribution in [0.25, 0.3) is 21.5 Å². The standard InChI is InChI=1S/C18H16FN3O2S/c1-10-4-6-22(10)18-20-16(13-5-7-25-17(13)21-18)12-3-2-11(9-15(23)24)14(19)8-12/h2-3,5,7-8,10H,4,6,9H2,1H3,(H,23,24)/t10-/m0/s1. The van der Waals surface area contributed by atoms with Crippen LogP contribution < -0.4 is 4.90 Å². The molecule has 2 aromatic heterocycles. The number of thiophene rings is 1. The van der Waals surface area contributed by atoms with E-state index in [4.69, 9.17) is 5.11 Å². The van der Waals surface area contributed by atoms with Crippen LogP contribution in [0.1, 0.15) is 18.9 Å². The van der Waals surface area contributed by atoms with E-state index in [-0.39, 0.29) is 12.0 Å². The molecule has 0 amide bonds. The number of nitrogens with zero attached hydrogens (tertiary/aromatic N) is 3. The Bertz CT molecular complexity index is 972. The number of aliphatic carboxylic acids is 1. The predicted octanol–water partition coefficient (Wildman–Crippen LogP) is 3.72. The molecule has 0 bridgehead atoms. The number of hydrogen-bond donors (Lipinski definition) is 1. The van der Waals surface area contributed by atoms with Gasteiger partial charge in [-0.05, 0) is 36.4 Å². The summed E-state index contributed by atoms with van der Waals surface area (Å²) in [6.45, 7) is 3.05. The van der Waals surface area contributed by atoms with Crippen molar-refractivity contribution in [3.05, 3.63) is 41.0 Å². The Kier molecular flexibility index (Phi) is 3.88. The second kappa shape index (κ2) is 6.07. The summed E-state index contributed by atoms with van der Waals surface area (Å²) < 4.78 is 14.3. The highest BCUT2D eigenvalue weighted by Crippen LogP contribution is 2.34. The Morgan fingerprint density at radius 1 is 1.40 bits per heavy atom. The van der Waals surface area contributed by atoms with Crippen LogP contribution >= 0.6 is 11.3 Å². The lowest BCUT2D eigenvalue weighted by Gasteiger charge is -2.38. The molecule has 0 saturated carbocycles. The molecule has 1 aromatic carbocycles. The van der Waals surface area contributed by atoms with Crippen molar-refractivity contribution in [3.63, 3.8) is 0 Å². The number of carboxylic acids is 1. The van der Waals surface area contributed by atoms with Gasteiger partial charge in [-0.2, -0.15) is 0 Å². The first-order chi connectivity index (χ1) is 12.0. The zero-order valence-corrected chi connectivity index (χ0v) is 14.4. The third kappa shape index (κ3) is 2.84. The van der Waals surface area contributed by atoms with Crippen molar-refractivity contribution in [2.75, 3.05) is 11.4 Å². The Morgan fingerprint density at radius 2 is 2.24 bits per heavy atom. The molecule has 1 aliphatic rings. The first-order valence-corrected chi connectivity index (χ1v) is 8.93. The van der Waals surface area contributed by atoms with Gasteiger partial charge >= 0.3 is 5.97 Å². The summed E-state index contributed by atoms with van der Waals surface area (Å²) in [4.78, 5) is 23.1. The molecule has 0 unspecified atom stereocenters. The van der Waals surface area contributed by atoms with E-state index in [1.54, 1.807) is 6.07 Å². The van der Waals surface area contributed by atoms with Gasteiger partial charge < -0.3 is 10.0 Å². The molecule has 1 N–H and O–H groups in total. The van der Waals surface area contributed by atoms with E-state index < -0.39 is 11.8 Å². The van der Waals surface area contributed by atoms with Crippen LogP contribution in [-0.2, 0) is 11.2 Å². The average molecular weight is 357 g/mol. The first-order valence-electron chi connectivity index (χ1n) is 8.05. The van der Waals surface area contributed by atoms with Crippen molar-refractivity contribution in [1.82, 2.24) is 9.97 Å². The van der Waals surface area contributed by atoms with E-state index in [1.165, 1.54) is 23.5 Å². The second-order valence-corrected chi connectivity index (χ2v) is 7.11. The van der Waals surface area contributed by atoms with Gasteiger partial charge in [0.05, 0.1) is 12.1 Å². The fourth-order valence-electron chi connectivity index (χ4n) is 3.01. The summed E-state index contributed by atoms with van der Waals surface area (Å²) in [5.41, 5.74) is 1.48. The topological polar surface area (TPSA) is 66.3 Å². The maximum atomic E-state index is 14.3. The van der Waals surface area contributed by atoms with Gasteiger partial charge in [0.1, 0.15) is 10.6 Å². The molecule has 128 valence electrons. The minimum atomic E-state index is -1.05. The molecular formula is C18H16FN3O2S. The number of hydrogen-bond acceptors (Lipinski definition) is 5. The zero-order chi connectivity index (χ0) is 17.6. The fraction of sp³-hybridized carbons (Fsp3) is 0.278. The van der Waals surface area contributed by atoms with Crippen LogP contribution in [0.2, 0.25) is 0 Å². The molecule has 1 aliphatic heterocycles. The van der Waals surface area contributed by atoms with Gasteiger partial charge in [-0.3, -0.25) is 4.79 Å². The Balaban J connectivity index is 1.81. The number of carbonyl (C=O) groups is 1. The van der Waals surface area contributed by atoms with Crippen LogP contribution in [0, 0.1) is 5.82 Å². The third-order valence-corrected chi connectivity index (χ3v) is 5.36. The number of aromatic nitrogens is 2. The first kappa shape index (κ1) is 16.0. The molecule has 1 atom stereocenters. The van der Waals surface area contributed by atoms with Crippen molar-refractivity contribution in [3.8, 4) is 11.3 Å². The molecule has 25 heavy (non-hydrogen) atoms. The van der Waals surface area contributed by atoms with Gasteiger partial charge in [-0.15, -0.1) is 11.3 Å². The molecule has 0 radical (unpaired) electrons. The average Bonchev–Trinajstić information content (AvgIpc) is 3.02. The zero-order valence-electron chi connectivity index (χ0n) is 13.6. The Hall–Kier alpha value is -2.54. The van der Waals surface area contributed by atoms with Gasteiger partial charge in [0, 0.05) is 23.5 Å². The minimum Gasteiger partial charge on any atom is -0.481 e. The molecule has 1 fully saturated rings. The van der Waals surface area contributed by atoms with Gasteiger partial charge in [-0.25, -0.2) is 14.4 Å². The molecule has 5 nitrogen and oxygen atoms in total. The van der Waals surface area contributed by atoms with E-state index in [0.717, 1.165) is 23.2 Å². The molecule has 4 rings (SSSR count). The summed E-state index contributed by atoms with van der Waals surface area (Å²) >= 11 is 1.53. The lowest BCUT2D eigenvalue weighted by molar-refractivity contribution is -0.136. The predicted molar refractivity (Wildman–Crippen MR) is 95.6 cm³/mol. The number of carboxylic acid groups (broad SMARTS) is 1. The maximum Gasteiger partial charge on any atom is 0.307 e. The van der Waals surface area contributed by atoms with Gasteiger partial charge in [0.15, 0.2) is 0 Å². The van der Waals surface area contributed by atoms with E-state index in [1.807, 2.05) is 11.4 Å². The van der Waals surface area contributed by atoms with Gasteiger partial charge in [0.2, 0.25) is 5.95 Å². The van der Waals surface area contributed by atoms with Crippen molar-refractivity contribution < 1.29 is 14.3 Å².